The number of rotatable bonds is 4. The standard InChI is InChI=1S/C18H22N2O2/c1-3-16-9-14-6-4-5-7-15(14)12-20(16)11-13-8-17(19-10-13)18(21)22-2/h4-8,10,16,19H,3,9,11-12H2,1-2H3. The SMILES string of the molecule is CCC1Cc2ccccc2CN1Cc1c[nH]c(C(=O)OC)c1. The van der Waals surface area contributed by atoms with Gasteiger partial charge in [0.05, 0.1) is 7.11 Å². The molecule has 0 spiro atoms. The molecule has 2 aromatic rings. The van der Waals surface area contributed by atoms with Crippen molar-refractivity contribution in [1.82, 2.24) is 9.88 Å². The van der Waals surface area contributed by atoms with E-state index in [9.17, 15) is 4.79 Å². The topological polar surface area (TPSA) is 45.3 Å². The first-order valence-electron chi connectivity index (χ1n) is 7.77. The van der Waals surface area contributed by atoms with Crippen molar-refractivity contribution in [2.24, 2.45) is 0 Å². The fourth-order valence-corrected chi connectivity index (χ4v) is 3.22. The van der Waals surface area contributed by atoms with Crippen molar-refractivity contribution in [1.29, 1.82) is 0 Å². The summed E-state index contributed by atoms with van der Waals surface area (Å²) in [6, 6.07) is 11.1. The number of carbonyl (C=O) groups excluding carboxylic acids is 1. The number of carbonyl (C=O) groups is 1. The Morgan fingerprint density at radius 3 is 2.86 bits per heavy atom. The summed E-state index contributed by atoms with van der Waals surface area (Å²) in [5.41, 5.74) is 4.52. The lowest BCUT2D eigenvalue weighted by Gasteiger charge is -2.36. The molecule has 0 amide bonds. The van der Waals surface area contributed by atoms with E-state index in [1.807, 2.05) is 12.3 Å². The third-order valence-corrected chi connectivity index (χ3v) is 4.47. The largest absolute Gasteiger partial charge is 0.464 e. The highest BCUT2D eigenvalue weighted by Crippen LogP contribution is 2.26. The Morgan fingerprint density at radius 2 is 2.14 bits per heavy atom. The van der Waals surface area contributed by atoms with Gasteiger partial charge in [-0.15, -0.1) is 0 Å². The van der Waals surface area contributed by atoms with Gasteiger partial charge in [-0.05, 0) is 35.6 Å². The summed E-state index contributed by atoms with van der Waals surface area (Å²) in [5, 5.41) is 0. The maximum atomic E-state index is 11.5. The fraction of sp³-hybridized carbons (Fsp3) is 0.389. The summed E-state index contributed by atoms with van der Waals surface area (Å²) in [4.78, 5) is 17.0. The average Bonchev–Trinajstić information content (AvgIpc) is 3.02. The molecule has 1 aromatic carbocycles. The van der Waals surface area contributed by atoms with Crippen molar-refractivity contribution in [3.63, 3.8) is 0 Å². The number of aromatic nitrogens is 1. The molecule has 1 atom stereocenters. The van der Waals surface area contributed by atoms with Crippen LogP contribution in [-0.4, -0.2) is 29.0 Å². The highest BCUT2D eigenvalue weighted by Gasteiger charge is 2.25. The number of fused-ring (bicyclic) bond motifs is 1. The molecule has 1 N–H and O–H groups in total. The van der Waals surface area contributed by atoms with Crippen molar-refractivity contribution in [3.05, 3.63) is 58.9 Å². The molecule has 22 heavy (non-hydrogen) atoms. The zero-order valence-corrected chi connectivity index (χ0v) is 13.1. The van der Waals surface area contributed by atoms with Gasteiger partial charge in [-0.3, -0.25) is 4.90 Å². The number of methoxy groups -OCH3 is 1. The maximum absolute atomic E-state index is 11.5. The second kappa shape index (κ2) is 6.36. The van der Waals surface area contributed by atoms with E-state index < -0.39 is 0 Å². The normalized spacial score (nSPS) is 18.0. The zero-order chi connectivity index (χ0) is 15.5. The lowest BCUT2D eigenvalue weighted by molar-refractivity contribution is 0.0594. The lowest BCUT2D eigenvalue weighted by Crippen LogP contribution is -2.39. The molecule has 116 valence electrons. The second-order valence-electron chi connectivity index (χ2n) is 5.85. The van der Waals surface area contributed by atoms with E-state index in [1.54, 1.807) is 0 Å². The number of benzene rings is 1. The van der Waals surface area contributed by atoms with Crippen LogP contribution in [-0.2, 0) is 24.2 Å². The zero-order valence-electron chi connectivity index (χ0n) is 13.1. The van der Waals surface area contributed by atoms with E-state index in [1.165, 1.54) is 18.2 Å². The van der Waals surface area contributed by atoms with Gasteiger partial charge in [-0.1, -0.05) is 31.2 Å². The quantitative estimate of drug-likeness (QED) is 0.882. The van der Waals surface area contributed by atoms with Gasteiger partial charge < -0.3 is 9.72 Å². The Morgan fingerprint density at radius 1 is 1.36 bits per heavy atom. The molecule has 0 fully saturated rings. The number of hydrogen-bond acceptors (Lipinski definition) is 3. The Kier molecular flexibility index (Phi) is 4.29. The molecule has 4 nitrogen and oxygen atoms in total. The van der Waals surface area contributed by atoms with Crippen molar-refractivity contribution >= 4 is 5.97 Å². The van der Waals surface area contributed by atoms with Gasteiger partial charge in [0.1, 0.15) is 5.69 Å². The summed E-state index contributed by atoms with van der Waals surface area (Å²) in [7, 11) is 1.40. The second-order valence-corrected chi connectivity index (χ2v) is 5.85. The number of aromatic amines is 1. The molecule has 4 heteroatoms. The summed E-state index contributed by atoms with van der Waals surface area (Å²) in [6.07, 6.45) is 4.13. The van der Waals surface area contributed by atoms with E-state index in [4.69, 9.17) is 4.74 Å². The minimum atomic E-state index is -0.317. The van der Waals surface area contributed by atoms with Crippen molar-refractivity contribution in [2.45, 2.75) is 38.9 Å². The number of ether oxygens (including phenoxy) is 1. The summed E-state index contributed by atoms with van der Waals surface area (Å²) in [5.74, 6) is -0.317. The van der Waals surface area contributed by atoms with E-state index in [0.29, 0.717) is 11.7 Å². The predicted octanol–water partition coefficient (Wildman–Crippen LogP) is 3.14. The number of hydrogen-bond donors (Lipinski definition) is 1. The number of nitrogens with zero attached hydrogens (tertiary/aromatic N) is 1. The van der Waals surface area contributed by atoms with Crippen molar-refractivity contribution < 1.29 is 9.53 Å². The number of H-pyrrole nitrogens is 1. The summed E-state index contributed by atoms with van der Waals surface area (Å²) < 4.78 is 4.74. The van der Waals surface area contributed by atoms with Gasteiger partial charge in [0, 0.05) is 25.3 Å². The Labute approximate surface area is 131 Å². The van der Waals surface area contributed by atoms with Crippen LogP contribution in [0.15, 0.2) is 36.5 Å². The fourth-order valence-electron chi connectivity index (χ4n) is 3.22. The van der Waals surface area contributed by atoms with Gasteiger partial charge in [0.2, 0.25) is 0 Å². The van der Waals surface area contributed by atoms with Gasteiger partial charge in [0.25, 0.3) is 0 Å². The van der Waals surface area contributed by atoms with Crippen LogP contribution in [0, 0.1) is 0 Å². The molecule has 3 rings (SSSR count). The summed E-state index contributed by atoms with van der Waals surface area (Å²) >= 11 is 0. The molecule has 1 unspecified atom stereocenters. The Bertz CT molecular complexity index is 663. The smallest absolute Gasteiger partial charge is 0.354 e. The molecule has 1 aliphatic heterocycles. The van der Waals surface area contributed by atoms with E-state index in [-0.39, 0.29) is 5.97 Å². The first kappa shape index (κ1) is 14.9. The predicted molar refractivity (Wildman–Crippen MR) is 85.6 cm³/mol. The third-order valence-electron chi connectivity index (χ3n) is 4.47. The lowest BCUT2D eigenvalue weighted by atomic mass is 9.92. The first-order valence-corrected chi connectivity index (χ1v) is 7.77. The molecule has 0 aliphatic carbocycles. The van der Waals surface area contributed by atoms with Gasteiger partial charge in [-0.25, -0.2) is 4.79 Å². The molecule has 2 heterocycles. The highest BCUT2D eigenvalue weighted by molar-refractivity contribution is 5.87. The molecule has 0 radical (unpaired) electrons. The summed E-state index contributed by atoms with van der Waals surface area (Å²) in [6.45, 7) is 4.05. The van der Waals surface area contributed by atoms with Crippen LogP contribution >= 0.6 is 0 Å². The van der Waals surface area contributed by atoms with Crippen LogP contribution in [0.2, 0.25) is 0 Å². The minimum absolute atomic E-state index is 0.317. The van der Waals surface area contributed by atoms with E-state index >= 15 is 0 Å². The number of nitrogens with one attached hydrogen (secondary N) is 1. The van der Waals surface area contributed by atoms with E-state index in [2.05, 4.69) is 41.1 Å². The van der Waals surface area contributed by atoms with Gasteiger partial charge in [0.15, 0.2) is 0 Å². The Balaban J connectivity index is 1.76. The molecular weight excluding hydrogens is 276 g/mol. The van der Waals surface area contributed by atoms with Crippen LogP contribution in [0.4, 0.5) is 0 Å². The van der Waals surface area contributed by atoms with Gasteiger partial charge >= 0.3 is 5.97 Å². The van der Waals surface area contributed by atoms with Crippen LogP contribution in [0.3, 0.4) is 0 Å². The molecular formula is C18H22N2O2. The van der Waals surface area contributed by atoms with Crippen LogP contribution in [0.5, 0.6) is 0 Å². The molecule has 1 aromatic heterocycles. The van der Waals surface area contributed by atoms with Crippen molar-refractivity contribution in [3.8, 4) is 0 Å². The maximum Gasteiger partial charge on any atom is 0.354 e. The van der Waals surface area contributed by atoms with Crippen LogP contribution in [0.25, 0.3) is 0 Å². The minimum Gasteiger partial charge on any atom is -0.464 e. The van der Waals surface area contributed by atoms with Crippen LogP contribution in [0.1, 0.15) is 40.5 Å². The monoisotopic (exact) mass is 298 g/mol. The molecule has 0 saturated heterocycles. The van der Waals surface area contributed by atoms with Crippen molar-refractivity contribution in [2.75, 3.05) is 7.11 Å². The highest BCUT2D eigenvalue weighted by atomic mass is 16.5. The number of esters is 1. The molecule has 0 bridgehead atoms. The average molecular weight is 298 g/mol. The molecule has 0 saturated carbocycles. The van der Waals surface area contributed by atoms with Crippen LogP contribution < -0.4 is 0 Å². The first-order chi connectivity index (χ1) is 10.7. The van der Waals surface area contributed by atoms with Gasteiger partial charge in [-0.2, -0.15) is 0 Å². The molecule has 1 aliphatic rings. The van der Waals surface area contributed by atoms with E-state index in [0.717, 1.165) is 31.5 Å². The third kappa shape index (κ3) is 2.92. The Hall–Kier alpha value is -2.07.